The number of Topliss-reactive ketones (excluding diaryl/α,β-unsaturated/α-hetero) is 2. The number of fused-ring (bicyclic) bond motifs is 3. The summed E-state index contributed by atoms with van der Waals surface area (Å²) in [6.45, 7) is 0. The van der Waals surface area contributed by atoms with Gasteiger partial charge in [0, 0.05) is 31.3 Å². The molecule has 0 radical (unpaired) electrons. The highest BCUT2D eigenvalue weighted by Gasteiger charge is 2.63. The Bertz CT molecular complexity index is 1570. The van der Waals surface area contributed by atoms with E-state index in [0.717, 1.165) is 6.07 Å². The lowest BCUT2D eigenvalue weighted by atomic mass is 9.58. The molecule has 1 aromatic rings. The molecule has 0 aromatic heterocycles. The van der Waals surface area contributed by atoms with E-state index >= 15 is 0 Å². The van der Waals surface area contributed by atoms with Gasteiger partial charge in [0.25, 0.3) is 5.91 Å². The molecule has 0 spiro atoms. The Morgan fingerprint density at radius 3 is 2.24 bits per heavy atom. The monoisotopic (exact) mass is 604 g/mol. The summed E-state index contributed by atoms with van der Waals surface area (Å²) >= 11 is 0. The summed E-state index contributed by atoms with van der Waals surface area (Å²) in [5, 5.41) is 33.8. The van der Waals surface area contributed by atoms with Gasteiger partial charge in [-0.2, -0.15) is 21.6 Å². The Kier molecular flexibility index (Phi) is 6.87. The number of hydrogen-bond acceptors (Lipinski definition) is 12. The first-order valence-electron chi connectivity index (χ1n) is 12.0. The molecule has 4 atom stereocenters. The second-order valence-corrected chi connectivity index (χ2v) is 12.0. The van der Waals surface area contributed by atoms with Crippen molar-refractivity contribution in [3.8, 4) is 5.75 Å². The van der Waals surface area contributed by atoms with Crippen LogP contribution in [-0.4, -0.2) is 91.5 Å². The highest BCUT2D eigenvalue weighted by Crippen LogP contribution is 2.54. The second-order valence-electron chi connectivity index (χ2n) is 10.5. The number of halogens is 3. The molecule has 3 aliphatic rings. The summed E-state index contributed by atoms with van der Waals surface area (Å²) in [6.07, 6.45) is -0.440. The van der Waals surface area contributed by atoms with Crippen LogP contribution >= 0.6 is 0 Å². The fourth-order valence-electron chi connectivity index (χ4n) is 5.95. The van der Waals surface area contributed by atoms with E-state index in [1.807, 2.05) is 0 Å². The Hall–Kier alpha value is -3.83. The molecule has 0 heterocycles. The molecule has 1 aromatic carbocycles. The first-order valence-corrected chi connectivity index (χ1v) is 13.4. The number of ketones is 2. The van der Waals surface area contributed by atoms with Crippen molar-refractivity contribution in [1.82, 2.24) is 4.90 Å². The molecule has 4 rings (SSSR count). The highest BCUT2D eigenvalue weighted by molar-refractivity contribution is 7.88. The standard InChI is InChI=1S/C24H27F3N4O9S/c1-30(2)12-7-11(28)19(40-41(38,39)24(25,26)27)14-9(12)5-8-6-10-16(31(3)4)18(33)15(22(29)36)21(35)23(10,37)20(34)13(8)17(14)32/h7-8,10,16,33-34,37H,5-6,28H2,1-4H3,(H2,29,36)/t8?,10?,16?,23-/m0/s1. The fraction of sp³-hybridized carbons (Fsp3) is 0.458. The minimum atomic E-state index is -6.30. The zero-order valence-corrected chi connectivity index (χ0v) is 22.9. The van der Waals surface area contributed by atoms with Crippen LogP contribution in [0.2, 0.25) is 0 Å². The van der Waals surface area contributed by atoms with Gasteiger partial charge in [0.2, 0.25) is 5.78 Å². The molecule has 3 aliphatic carbocycles. The number of amides is 1. The SMILES string of the molecule is CN(C)c1cc(N)c(OS(=O)(=O)C(F)(F)F)c2c1CC1CC3C(N(C)C)C(O)=C(C(N)=O)C(=O)[C@@]3(O)C(O)=C1C2=O. The largest absolute Gasteiger partial charge is 0.534 e. The maximum absolute atomic E-state index is 13.9. The molecule has 0 saturated heterocycles. The lowest BCUT2D eigenvalue weighted by molar-refractivity contribution is -0.148. The molecule has 13 nitrogen and oxygen atoms in total. The predicted octanol–water partition coefficient (Wildman–Crippen LogP) is 0.292. The van der Waals surface area contributed by atoms with Crippen LogP contribution in [0.5, 0.6) is 5.75 Å². The summed E-state index contributed by atoms with van der Waals surface area (Å²) in [6, 6.07) is -0.0994. The van der Waals surface area contributed by atoms with Crippen molar-refractivity contribution in [3.05, 3.63) is 39.9 Å². The number of nitrogens with zero attached hydrogens (tertiary/aromatic N) is 2. The van der Waals surface area contributed by atoms with E-state index in [1.165, 1.54) is 38.0 Å². The van der Waals surface area contributed by atoms with Crippen LogP contribution in [0.4, 0.5) is 24.5 Å². The third-order valence-corrected chi connectivity index (χ3v) is 8.62. The van der Waals surface area contributed by atoms with Gasteiger partial charge < -0.3 is 35.9 Å². The molecule has 0 saturated carbocycles. The number of aliphatic hydroxyl groups is 3. The van der Waals surface area contributed by atoms with Crippen LogP contribution in [0.3, 0.4) is 0 Å². The normalized spacial score (nSPS) is 26.5. The van der Waals surface area contributed by atoms with Crippen molar-refractivity contribution in [2.45, 2.75) is 30.0 Å². The number of nitrogen functional groups attached to an aromatic ring is 1. The molecule has 0 aliphatic heterocycles. The van der Waals surface area contributed by atoms with Crippen LogP contribution in [-0.2, 0) is 26.1 Å². The summed E-state index contributed by atoms with van der Waals surface area (Å²) < 4.78 is 67.7. The number of likely N-dealkylation sites (N-methyl/N-ethyl adjacent to an activating group) is 1. The molecule has 0 fully saturated rings. The Morgan fingerprint density at radius 2 is 1.76 bits per heavy atom. The number of primary amides is 1. The van der Waals surface area contributed by atoms with E-state index in [0.29, 0.717) is 0 Å². The van der Waals surface area contributed by atoms with Crippen LogP contribution in [0.15, 0.2) is 28.7 Å². The number of benzene rings is 1. The van der Waals surface area contributed by atoms with Gasteiger partial charge in [-0.1, -0.05) is 0 Å². The smallest absolute Gasteiger partial charge is 0.510 e. The summed E-state index contributed by atoms with van der Waals surface area (Å²) in [5.41, 5.74) is -0.410. The van der Waals surface area contributed by atoms with E-state index in [1.54, 1.807) is 0 Å². The predicted molar refractivity (Wildman–Crippen MR) is 136 cm³/mol. The van der Waals surface area contributed by atoms with Gasteiger partial charge in [0.15, 0.2) is 17.1 Å². The topological polar surface area (TPSA) is 214 Å². The van der Waals surface area contributed by atoms with Crippen molar-refractivity contribution in [2.24, 2.45) is 17.6 Å². The molecule has 1 amide bonds. The second kappa shape index (κ2) is 9.35. The van der Waals surface area contributed by atoms with Gasteiger partial charge in [-0.25, -0.2) is 0 Å². The Balaban J connectivity index is 2.02. The van der Waals surface area contributed by atoms with Crippen LogP contribution in [0, 0.1) is 11.8 Å². The van der Waals surface area contributed by atoms with Crippen LogP contribution < -0.4 is 20.6 Å². The van der Waals surface area contributed by atoms with E-state index in [9.17, 15) is 51.3 Å². The Morgan fingerprint density at radius 1 is 1.17 bits per heavy atom. The highest BCUT2D eigenvalue weighted by atomic mass is 32.2. The lowest BCUT2D eigenvalue weighted by Crippen LogP contribution is -2.63. The minimum Gasteiger partial charge on any atom is -0.510 e. The van der Waals surface area contributed by atoms with Gasteiger partial charge in [0.05, 0.1) is 17.3 Å². The number of carbonyl (C=O) groups excluding carboxylic acids is 3. The van der Waals surface area contributed by atoms with E-state index in [-0.39, 0.29) is 24.1 Å². The number of rotatable bonds is 5. The zero-order chi connectivity index (χ0) is 31.1. The zero-order valence-electron chi connectivity index (χ0n) is 22.1. The molecule has 3 unspecified atom stereocenters. The average molecular weight is 605 g/mol. The van der Waals surface area contributed by atoms with Gasteiger partial charge in [-0.15, -0.1) is 0 Å². The molecule has 7 N–H and O–H groups in total. The first kappa shape index (κ1) is 30.1. The van der Waals surface area contributed by atoms with E-state index < -0.39 is 96.2 Å². The van der Waals surface area contributed by atoms with Gasteiger partial charge in [-0.3, -0.25) is 19.3 Å². The van der Waals surface area contributed by atoms with Gasteiger partial charge in [-0.05, 0) is 44.5 Å². The molecular weight excluding hydrogens is 577 g/mol. The number of aliphatic hydroxyl groups excluding tert-OH is 2. The number of alkyl halides is 3. The number of anilines is 2. The lowest BCUT2D eigenvalue weighted by Gasteiger charge is -2.50. The van der Waals surface area contributed by atoms with Crippen molar-refractivity contribution in [1.29, 1.82) is 0 Å². The third kappa shape index (κ3) is 4.21. The molecular formula is C24H27F3N4O9S. The average Bonchev–Trinajstić information content (AvgIpc) is 2.81. The van der Waals surface area contributed by atoms with Crippen LogP contribution in [0.1, 0.15) is 22.3 Å². The van der Waals surface area contributed by atoms with Crippen LogP contribution in [0.25, 0.3) is 0 Å². The van der Waals surface area contributed by atoms with Crippen molar-refractivity contribution < 1.29 is 55.5 Å². The van der Waals surface area contributed by atoms with Crippen molar-refractivity contribution >= 4 is 39.0 Å². The maximum Gasteiger partial charge on any atom is 0.534 e. The van der Waals surface area contributed by atoms with Crippen molar-refractivity contribution in [3.63, 3.8) is 0 Å². The maximum atomic E-state index is 13.9. The molecule has 224 valence electrons. The third-order valence-electron chi connectivity index (χ3n) is 7.67. The number of allylic oxidation sites excluding steroid dienone is 1. The van der Waals surface area contributed by atoms with Gasteiger partial charge in [0.1, 0.15) is 17.1 Å². The summed E-state index contributed by atoms with van der Waals surface area (Å²) in [5.74, 6) is -9.53. The quantitative estimate of drug-likeness (QED) is 0.133. The number of carbonyl (C=O) groups is 3. The first-order chi connectivity index (χ1) is 18.7. The molecule has 41 heavy (non-hydrogen) atoms. The summed E-state index contributed by atoms with van der Waals surface area (Å²) in [7, 11) is -0.312. The van der Waals surface area contributed by atoms with E-state index in [2.05, 4.69) is 4.18 Å². The Labute approximate surface area is 231 Å². The minimum absolute atomic E-state index is 0.0368. The van der Waals surface area contributed by atoms with E-state index in [4.69, 9.17) is 11.5 Å². The number of hydrogen-bond donors (Lipinski definition) is 5. The van der Waals surface area contributed by atoms with Crippen molar-refractivity contribution in [2.75, 3.05) is 38.8 Å². The summed E-state index contributed by atoms with van der Waals surface area (Å²) in [4.78, 5) is 42.2. The fourth-order valence-corrected chi connectivity index (χ4v) is 6.45. The van der Waals surface area contributed by atoms with Gasteiger partial charge >= 0.3 is 15.6 Å². The molecule has 17 heteroatoms. The number of nitrogens with two attached hydrogens (primary N) is 2. The molecule has 0 bridgehead atoms.